The van der Waals surface area contributed by atoms with Crippen molar-refractivity contribution in [3.63, 3.8) is 0 Å². The van der Waals surface area contributed by atoms with E-state index in [0.29, 0.717) is 27.8 Å². The van der Waals surface area contributed by atoms with Crippen LogP contribution in [0.4, 0.5) is 5.00 Å². The lowest BCUT2D eigenvalue weighted by Crippen LogP contribution is -2.14. The minimum absolute atomic E-state index is 0.256. The van der Waals surface area contributed by atoms with Crippen molar-refractivity contribution >= 4 is 28.2 Å². The average molecular weight is 424 g/mol. The maximum absolute atomic E-state index is 12.7. The normalized spacial score (nSPS) is 10.7. The van der Waals surface area contributed by atoms with E-state index < -0.39 is 5.97 Å². The highest BCUT2D eigenvalue weighted by molar-refractivity contribution is 7.15. The van der Waals surface area contributed by atoms with E-state index in [0.717, 1.165) is 11.1 Å². The van der Waals surface area contributed by atoms with Gasteiger partial charge in [-0.3, -0.25) is 4.79 Å². The van der Waals surface area contributed by atoms with Gasteiger partial charge in [0.1, 0.15) is 16.3 Å². The number of benzene rings is 2. The Morgan fingerprint density at radius 2 is 1.70 bits per heavy atom. The Labute approximate surface area is 180 Å². The van der Waals surface area contributed by atoms with E-state index in [1.54, 1.807) is 38.3 Å². The number of ether oxygens (including phenoxy) is 2. The van der Waals surface area contributed by atoms with E-state index in [2.05, 4.69) is 31.3 Å². The van der Waals surface area contributed by atoms with Crippen LogP contribution in [0.2, 0.25) is 0 Å². The molecule has 2 aromatic carbocycles. The van der Waals surface area contributed by atoms with E-state index in [4.69, 9.17) is 9.47 Å². The molecule has 3 aromatic rings. The van der Waals surface area contributed by atoms with Gasteiger partial charge in [-0.2, -0.15) is 0 Å². The second-order valence-corrected chi connectivity index (χ2v) is 7.91. The monoisotopic (exact) mass is 423 g/mol. The third kappa shape index (κ3) is 4.71. The smallest absolute Gasteiger partial charge is 0.341 e. The van der Waals surface area contributed by atoms with Crippen molar-refractivity contribution in [1.29, 1.82) is 0 Å². The molecule has 0 saturated heterocycles. The molecule has 3 rings (SSSR count). The first-order valence-corrected chi connectivity index (χ1v) is 10.7. The van der Waals surface area contributed by atoms with E-state index in [1.165, 1.54) is 16.9 Å². The van der Waals surface area contributed by atoms with Gasteiger partial charge in [0, 0.05) is 16.5 Å². The van der Waals surface area contributed by atoms with Crippen molar-refractivity contribution in [3.05, 3.63) is 70.6 Å². The number of carbonyl (C=O) groups is 2. The van der Waals surface area contributed by atoms with Crippen LogP contribution in [0.1, 0.15) is 53.0 Å². The topological polar surface area (TPSA) is 64.6 Å². The number of methoxy groups -OCH3 is 1. The Balaban J connectivity index is 1.94. The summed E-state index contributed by atoms with van der Waals surface area (Å²) in [6.45, 7) is 6.29. The average Bonchev–Trinajstić information content (AvgIpc) is 3.17. The number of amides is 1. The highest BCUT2D eigenvalue weighted by atomic mass is 32.1. The van der Waals surface area contributed by atoms with Crippen molar-refractivity contribution in [3.8, 4) is 16.9 Å². The second-order valence-electron chi connectivity index (χ2n) is 7.03. The largest absolute Gasteiger partial charge is 0.497 e. The first kappa shape index (κ1) is 21.6. The lowest BCUT2D eigenvalue weighted by atomic mass is 9.98. The predicted molar refractivity (Wildman–Crippen MR) is 121 cm³/mol. The third-order valence-electron chi connectivity index (χ3n) is 4.74. The van der Waals surface area contributed by atoms with Gasteiger partial charge in [0.15, 0.2) is 0 Å². The van der Waals surface area contributed by atoms with Crippen molar-refractivity contribution in [1.82, 2.24) is 0 Å². The van der Waals surface area contributed by atoms with Gasteiger partial charge in [0.2, 0.25) is 0 Å². The van der Waals surface area contributed by atoms with Gasteiger partial charge in [0.25, 0.3) is 5.91 Å². The second kappa shape index (κ2) is 9.59. The summed E-state index contributed by atoms with van der Waals surface area (Å²) in [6, 6.07) is 14.9. The van der Waals surface area contributed by atoms with Crippen LogP contribution < -0.4 is 10.1 Å². The number of esters is 1. The summed E-state index contributed by atoms with van der Waals surface area (Å²) in [4.78, 5) is 25.4. The Hall–Kier alpha value is -3.12. The van der Waals surface area contributed by atoms with E-state index in [9.17, 15) is 9.59 Å². The molecule has 1 heterocycles. The van der Waals surface area contributed by atoms with Crippen LogP contribution in [0.3, 0.4) is 0 Å². The van der Waals surface area contributed by atoms with Crippen LogP contribution in [0.15, 0.2) is 53.9 Å². The summed E-state index contributed by atoms with van der Waals surface area (Å²) in [5, 5.41) is 5.21. The molecule has 0 bridgehead atoms. The highest BCUT2D eigenvalue weighted by Crippen LogP contribution is 2.37. The van der Waals surface area contributed by atoms with Crippen molar-refractivity contribution in [2.45, 2.75) is 26.7 Å². The zero-order valence-corrected chi connectivity index (χ0v) is 18.3. The number of hydrogen-bond acceptors (Lipinski definition) is 5. The van der Waals surface area contributed by atoms with Crippen LogP contribution in [-0.2, 0) is 4.74 Å². The minimum Gasteiger partial charge on any atom is -0.497 e. The molecule has 0 aliphatic rings. The Bertz CT molecular complexity index is 1020. The van der Waals surface area contributed by atoms with Crippen LogP contribution in [0.25, 0.3) is 11.1 Å². The molecular formula is C24H25NO4S. The van der Waals surface area contributed by atoms with Crippen LogP contribution in [0, 0.1) is 0 Å². The van der Waals surface area contributed by atoms with Gasteiger partial charge < -0.3 is 14.8 Å². The SMILES string of the molecule is CCOC(=O)c1c(-c2ccc(C(C)C)cc2)csc1NC(=O)c1ccc(OC)cc1. The summed E-state index contributed by atoms with van der Waals surface area (Å²) < 4.78 is 10.4. The number of carbonyl (C=O) groups excluding carboxylic acids is 2. The number of anilines is 1. The first-order valence-electron chi connectivity index (χ1n) is 9.79. The number of hydrogen-bond donors (Lipinski definition) is 1. The lowest BCUT2D eigenvalue weighted by Gasteiger charge is -2.10. The molecule has 1 amide bonds. The molecule has 30 heavy (non-hydrogen) atoms. The summed E-state index contributed by atoms with van der Waals surface area (Å²) in [5.41, 5.74) is 3.73. The molecule has 0 spiro atoms. The molecule has 1 aromatic heterocycles. The number of thiophene rings is 1. The van der Waals surface area contributed by atoms with E-state index in [-0.39, 0.29) is 12.5 Å². The van der Waals surface area contributed by atoms with Crippen molar-refractivity contribution in [2.24, 2.45) is 0 Å². The molecule has 5 nitrogen and oxygen atoms in total. The van der Waals surface area contributed by atoms with Crippen LogP contribution in [0.5, 0.6) is 5.75 Å². The van der Waals surface area contributed by atoms with Gasteiger partial charge in [-0.1, -0.05) is 38.1 Å². The van der Waals surface area contributed by atoms with E-state index in [1.807, 2.05) is 17.5 Å². The molecule has 0 atom stereocenters. The van der Waals surface area contributed by atoms with Crippen molar-refractivity contribution < 1.29 is 19.1 Å². The Morgan fingerprint density at radius 3 is 2.27 bits per heavy atom. The van der Waals surface area contributed by atoms with Gasteiger partial charge in [-0.15, -0.1) is 11.3 Å². The number of nitrogens with one attached hydrogen (secondary N) is 1. The maximum Gasteiger partial charge on any atom is 0.341 e. The quantitative estimate of drug-likeness (QED) is 0.475. The molecular weight excluding hydrogens is 398 g/mol. The molecule has 0 radical (unpaired) electrons. The fourth-order valence-corrected chi connectivity index (χ4v) is 3.99. The fraction of sp³-hybridized carbons (Fsp3) is 0.250. The van der Waals surface area contributed by atoms with Gasteiger partial charge in [-0.25, -0.2) is 4.79 Å². The molecule has 0 aliphatic carbocycles. The first-order chi connectivity index (χ1) is 14.4. The Morgan fingerprint density at radius 1 is 1.03 bits per heavy atom. The zero-order valence-electron chi connectivity index (χ0n) is 17.5. The lowest BCUT2D eigenvalue weighted by molar-refractivity contribution is 0.0529. The fourth-order valence-electron chi connectivity index (χ4n) is 3.03. The van der Waals surface area contributed by atoms with Gasteiger partial charge in [-0.05, 0) is 48.2 Å². The molecule has 0 aliphatic heterocycles. The molecule has 0 saturated carbocycles. The third-order valence-corrected chi connectivity index (χ3v) is 5.63. The van der Waals surface area contributed by atoms with Crippen molar-refractivity contribution in [2.75, 3.05) is 19.0 Å². The summed E-state index contributed by atoms with van der Waals surface area (Å²) >= 11 is 1.31. The van der Waals surface area contributed by atoms with Gasteiger partial charge in [0.05, 0.1) is 13.7 Å². The molecule has 0 fully saturated rings. The minimum atomic E-state index is -0.452. The Kier molecular flexibility index (Phi) is 6.90. The molecule has 1 N–H and O–H groups in total. The summed E-state index contributed by atoms with van der Waals surface area (Å²) in [7, 11) is 1.57. The summed E-state index contributed by atoms with van der Waals surface area (Å²) in [5.74, 6) is 0.339. The number of rotatable bonds is 7. The van der Waals surface area contributed by atoms with Crippen LogP contribution in [-0.4, -0.2) is 25.6 Å². The predicted octanol–water partition coefficient (Wildman–Crippen LogP) is 5.98. The zero-order chi connectivity index (χ0) is 21.7. The molecule has 6 heteroatoms. The highest BCUT2D eigenvalue weighted by Gasteiger charge is 2.23. The van der Waals surface area contributed by atoms with Gasteiger partial charge >= 0.3 is 5.97 Å². The van der Waals surface area contributed by atoms with Crippen LogP contribution >= 0.6 is 11.3 Å². The summed E-state index contributed by atoms with van der Waals surface area (Å²) in [6.07, 6.45) is 0. The standard InChI is InChI=1S/C24H25NO4S/c1-5-29-24(27)21-20(17-8-6-16(7-9-17)15(2)3)14-30-23(21)25-22(26)18-10-12-19(28-4)13-11-18/h6-15H,5H2,1-4H3,(H,25,26). The van der Waals surface area contributed by atoms with E-state index >= 15 is 0 Å². The molecule has 0 unspecified atom stereocenters. The molecule has 156 valence electrons. The maximum atomic E-state index is 12.7.